The lowest BCUT2D eigenvalue weighted by Gasteiger charge is -2.26. The molecule has 0 amide bonds. The topological polar surface area (TPSA) is 42.2 Å². The first kappa shape index (κ1) is 11.6. The Bertz CT molecular complexity index is 308. The molecule has 3 nitrogen and oxygen atoms in total. The van der Waals surface area contributed by atoms with Gasteiger partial charge in [-0.1, -0.05) is 0 Å². The summed E-state index contributed by atoms with van der Waals surface area (Å²) in [5, 5.41) is 0. The van der Waals surface area contributed by atoms with Crippen LogP contribution in [0.2, 0.25) is 0 Å². The Morgan fingerprint density at radius 1 is 1.44 bits per heavy atom. The molecule has 0 spiro atoms. The van der Waals surface area contributed by atoms with Crippen LogP contribution in [-0.2, 0) is 6.42 Å². The molecule has 1 fully saturated rings. The minimum Gasteiger partial charge on any atom is -0.329 e. The van der Waals surface area contributed by atoms with Gasteiger partial charge in [0.05, 0.1) is 0 Å². The molecular formula is C13H21N3. The molecule has 0 saturated heterocycles. The molecule has 0 aromatic carbocycles. The molecule has 1 saturated carbocycles. The lowest BCUT2D eigenvalue weighted by Crippen LogP contribution is -2.40. The molecule has 0 aliphatic heterocycles. The lowest BCUT2D eigenvalue weighted by atomic mass is 10.1. The largest absolute Gasteiger partial charge is 0.329 e. The van der Waals surface area contributed by atoms with E-state index in [0.717, 1.165) is 25.4 Å². The molecule has 88 valence electrons. The van der Waals surface area contributed by atoms with Crippen LogP contribution in [0.1, 0.15) is 18.4 Å². The Labute approximate surface area is 97.7 Å². The summed E-state index contributed by atoms with van der Waals surface area (Å²) in [6.45, 7) is 1.87. The number of nitrogens with zero attached hydrogens (tertiary/aromatic N) is 2. The lowest BCUT2D eigenvalue weighted by molar-refractivity contribution is 0.226. The van der Waals surface area contributed by atoms with Gasteiger partial charge in [-0.05, 0) is 49.9 Å². The second-order valence-electron chi connectivity index (χ2n) is 4.73. The number of pyridine rings is 1. The van der Waals surface area contributed by atoms with E-state index in [2.05, 4.69) is 29.1 Å². The fourth-order valence-electron chi connectivity index (χ4n) is 2.23. The van der Waals surface area contributed by atoms with E-state index in [0.29, 0.717) is 6.04 Å². The first-order chi connectivity index (χ1) is 7.81. The molecule has 2 N–H and O–H groups in total. The van der Waals surface area contributed by atoms with Crippen molar-refractivity contribution in [1.82, 2.24) is 9.88 Å². The Kier molecular flexibility index (Phi) is 3.91. The van der Waals surface area contributed by atoms with Crippen LogP contribution in [0.3, 0.4) is 0 Å². The smallest absolute Gasteiger partial charge is 0.0270 e. The average Bonchev–Trinajstić information content (AvgIpc) is 3.13. The van der Waals surface area contributed by atoms with Gasteiger partial charge in [0, 0.05) is 31.5 Å². The number of likely N-dealkylation sites (N-methyl/N-ethyl adjacent to an activating group) is 1. The van der Waals surface area contributed by atoms with Crippen LogP contribution < -0.4 is 5.73 Å². The van der Waals surface area contributed by atoms with Crippen molar-refractivity contribution in [1.29, 1.82) is 0 Å². The maximum atomic E-state index is 5.83. The molecule has 1 atom stereocenters. The molecule has 3 heteroatoms. The molecule has 1 aromatic heterocycles. The summed E-state index contributed by atoms with van der Waals surface area (Å²) < 4.78 is 0. The van der Waals surface area contributed by atoms with E-state index in [1.807, 2.05) is 12.4 Å². The monoisotopic (exact) mass is 219 g/mol. The highest BCUT2D eigenvalue weighted by atomic mass is 15.1. The molecule has 2 rings (SSSR count). The van der Waals surface area contributed by atoms with Gasteiger partial charge in [-0.15, -0.1) is 0 Å². The Balaban J connectivity index is 1.80. The Morgan fingerprint density at radius 2 is 2.12 bits per heavy atom. The molecule has 0 bridgehead atoms. The van der Waals surface area contributed by atoms with Gasteiger partial charge in [-0.2, -0.15) is 0 Å². The molecule has 1 unspecified atom stereocenters. The number of nitrogens with two attached hydrogens (primary N) is 1. The van der Waals surface area contributed by atoms with Crippen molar-refractivity contribution in [2.24, 2.45) is 11.7 Å². The van der Waals surface area contributed by atoms with Crippen LogP contribution in [0, 0.1) is 5.92 Å². The van der Waals surface area contributed by atoms with Crippen LogP contribution in [0.25, 0.3) is 0 Å². The van der Waals surface area contributed by atoms with Crippen LogP contribution >= 0.6 is 0 Å². The van der Waals surface area contributed by atoms with Crippen LogP contribution in [-0.4, -0.2) is 36.1 Å². The van der Waals surface area contributed by atoms with Gasteiger partial charge in [-0.3, -0.25) is 4.98 Å². The molecule has 1 aliphatic rings. The first-order valence-corrected chi connectivity index (χ1v) is 6.10. The van der Waals surface area contributed by atoms with Crippen LogP contribution in [0.15, 0.2) is 24.5 Å². The second kappa shape index (κ2) is 5.41. The van der Waals surface area contributed by atoms with E-state index < -0.39 is 0 Å². The van der Waals surface area contributed by atoms with E-state index in [1.165, 1.54) is 18.4 Å². The number of aromatic nitrogens is 1. The van der Waals surface area contributed by atoms with Gasteiger partial charge >= 0.3 is 0 Å². The maximum Gasteiger partial charge on any atom is 0.0270 e. The molecule has 16 heavy (non-hydrogen) atoms. The fourth-order valence-corrected chi connectivity index (χ4v) is 2.23. The molecular weight excluding hydrogens is 198 g/mol. The van der Waals surface area contributed by atoms with E-state index in [1.54, 1.807) is 0 Å². The van der Waals surface area contributed by atoms with E-state index in [4.69, 9.17) is 5.73 Å². The van der Waals surface area contributed by atoms with E-state index in [9.17, 15) is 0 Å². The summed E-state index contributed by atoms with van der Waals surface area (Å²) in [6.07, 6.45) is 7.53. The molecule has 1 heterocycles. The Morgan fingerprint density at radius 3 is 2.69 bits per heavy atom. The molecule has 1 aliphatic carbocycles. The number of hydrogen-bond donors (Lipinski definition) is 1. The zero-order valence-electron chi connectivity index (χ0n) is 9.97. The van der Waals surface area contributed by atoms with Gasteiger partial charge in [0.2, 0.25) is 0 Å². The summed E-state index contributed by atoms with van der Waals surface area (Å²) in [5.74, 6) is 0.854. The van der Waals surface area contributed by atoms with Gasteiger partial charge in [0.1, 0.15) is 0 Å². The van der Waals surface area contributed by atoms with Crippen molar-refractivity contribution in [2.75, 3.05) is 20.1 Å². The summed E-state index contributed by atoms with van der Waals surface area (Å²) in [5.41, 5.74) is 7.19. The third-order valence-electron chi connectivity index (χ3n) is 3.48. The van der Waals surface area contributed by atoms with E-state index >= 15 is 0 Å². The third kappa shape index (κ3) is 3.03. The summed E-state index contributed by atoms with van der Waals surface area (Å²) in [6, 6.07) is 4.76. The van der Waals surface area contributed by atoms with Gasteiger partial charge in [0.25, 0.3) is 0 Å². The predicted molar refractivity (Wildman–Crippen MR) is 66.1 cm³/mol. The quantitative estimate of drug-likeness (QED) is 0.784. The van der Waals surface area contributed by atoms with Crippen LogP contribution in [0.4, 0.5) is 0 Å². The highest BCUT2D eigenvalue weighted by Gasteiger charge is 2.32. The number of hydrogen-bond acceptors (Lipinski definition) is 3. The predicted octanol–water partition coefficient (Wildman–Crippen LogP) is 1.29. The molecule has 0 radical (unpaired) electrons. The fraction of sp³-hybridized carbons (Fsp3) is 0.615. The van der Waals surface area contributed by atoms with Gasteiger partial charge in [0.15, 0.2) is 0 Å². The van der Waals surface area contributed by atoms with Gasteiger partial charge < -0.3 is 10.6 Å². The van der Waals surface area contributed by atoms with Crippen molar-refractivity contribution in [2.45, 2.75) is 25.3 Å². The minimum absolute atomic E-state index is 0.585. The van der Waals surface area contributed by atoms with Gasteiger partial charge in [-0.25, -0.2) is 0 Å². The van der Waals surface area contributed by atoms with E-state index in [-0.39, 0.29) is 0 Å². The average molecular weight is 219 g/mol. The first-order valence-electron chi connectivity index (χ1n) is 6.10. The summed E-state index contributed by atoms with van der Waals surface area (Å²) in [7, 11) is 2.19. The minimum atomic E-state index is 0.585. The second-order valence-corrected chi connectivity index (χ2v) is 4.73. The standard InChI is InChI=1S/C13H21N3/c1-16(13(10-14)12-2-3-12)9-6-11-4-7-15-8-5-11/h4-5,7-8,12-13H,2-3,6,9-10,14H2,1H3. The zero-order chi connectivity index (χ0) is 11.4. The van der Waals surface area contributed by atoms with Crippen molar-refractivity contribution in [3.05, 3.63) is 30.1 Å². The third-order valence-corrected chi connectivity index (χ3v) is 3.48. The zero-order valence-corrected chi connectivity index (χ0v) is 9.97. The maximum absolute atomic E-state index is 5.83. The van der Waals surface area contributed by atoms with Crippen molar-refractivity contribution < 1.29 is 0 Å². The number of rotatable bonds is 6. The SMILES string of the molecule is CN(CCc1ccncc1)C(CN)C1CC1. The summed E-state index contributed by atoms with van der Waals surface area (Å²) >= 11 is 0. The van der Waals surface area contributed by atoms with Crippen LogP contribution in [0.5, 0.6) is 0 Å². The highest BCUT2D eigenvalue weighted by Crippen LogP contribution is 2.34. The normalized spacial score (nSPS) is 17.7. The summed E-state index contributed by atoms with van der Waals surface area (Å²) in [4.78, 5) is 6.44. The highest BCUT2D eigenvalue weighted by molar-refractivity contribution is 5.10. The van der Waals surface area contributed by atoms with Crippen molar-refractivity contribution >= 4 is 0 Å². The Hall–Kier alpha value is -0.930. The van der Waals surface area contributed by atoms with Crippen molar-refractivity contribution in [3.8, 4) is 0 Å². The molecule has 1 aromatic rings. The van der Waals surface area contributed by atoms with Crippen molar-refractivity contribution in [3.63, 3.8) is 0 Å².